The van der Waals surface area contributed by atoms with Gasteiger partial charge in [-0.05, 0) is 32.8 Å². The van der Waals surface area contributed by atoms with Gasteiger partial charge in [0, 0.05) is 30.4 Å². The molecule has 0 amide bonds. The standard InChI is InChI=1S/C17H23N3O/c1-12-4-7-17(21-3)16(8-12)13(2)19-10-15-9-18-11-20(15)14-5-6-14/h4,7-9,11,13-14,19H,5-6,10H2,1-3H3. The topological polar surface area (TPSA) is 39.1 Å². The van der Waals surface area contributed by atoms with Crippen LogP contribution in [-0.4, -0.2) is 16.7 Å². The van der Waals surface area contributed by atoms with Gasteiger partial charge in [0.05, 0.1) is 19.1 Å². The van der Waals surface area contributed by atoms with E-state index in [-0.39, 0.29) is 6.04 Å². The average Bonchev–Trinajstić information content (AvgIpc) is 3.23. The van der Waals surface area contributed by atoms with Gasteiger partial charge in [0.25, 0.3) is 0 Å². The molecule has 1 aliphatic carbocycles. The number of rotatable bonds is 6. The number of benzene rings is 1. The Morgan fingerprint density at radius 1 is 1.43 bits per heavy atom. The van der Waals surface area contributed by atoms with E-state index in [4.69, 9.17) is 4.74 Å². The third-order valence-corrected chi connectivity index (χ3v) is 4.13. The fourth-order valence-corrected chi connectivity index (χ4v) is 2.71. The van der Waals surface area contributed by atoms with Gasteiger partial charge in [-0.3, -0.25) is 0 Å². The summed E-state index contributed by atoms with van der Waals surface area (Å²) < 4.78 is 7.77. The van der Waals surface area contributed by atoms with Crippen molar-refractivity contribution < 1.29 is 4.74 Å². The summed E-state index contributed by atoms with van der Waals surface area (Å²) in [6, 6.07) is 7.22. The number of imidazole rings is 1. The molecule has 1 aromatic heterocycles. The Morgan fingerprint density at radius 3 is 2.95 bits per heavy atom. The highest BCUT2D eigenvalue weighted by atomic mass is 16.5. The molecular weight excluding hydrogens is 262 g/mol. The van der Waals surface area contributed by atoms with Crippen molar-refractivity contribution in [1.29, 1.82) is 0 Å². The normalized spacial score (nSPS) is 16.0. The average molecular weight is 285 g/mol. The van der Waals surface area contributed by atoms with Crippen molar-refractivity contribution in [1.82, 2.24) is 14.9 Å². The van der Waals surface area contributed by atoms with E-state index in [0.29, 0.717) is 6.04 Å². The lowest BCUT2D eigenvalue weighted by Gasteiger charge is -2.18. The molecule has 1 saturated carbocycles. The maximum atomic E-state index is 5.47. The maximum Gasteiger partial charge on any atom is 0.123 e. The van der Waals surface area contributed by atoms with E-state index < -0.39 is 0 Å². The number of aromatic nitrogens is 2. The lowest BCUT2D eigenvalue weighted by Crippen LogP contribution is -2.20. The van der Waals surface area contributed by atoms with Crippen molar-refractivity contribution in [3.63, 3.8) is 0 Å². The van der Waals surface area contributed by atoms with Crippen LogP contribution in [0.5, 0.6) is 5.75 Å². The van der Waals surface area contributed by atoms with Crippen molar-refractivity contribution in [3.8, 4) is 5.75 Å². The molecule has 1 N–H and O–H groups in total. The van der Waals surface area contributed by atoms with Gasteiger partial charge in [-0.25, -0.2) is 4.98 Å². The third kappa shape index (κ3) is 3.10. The summed E-state index contributed by atoms with van der Waals surface area (Å²) >= 11 is 0. The van der Waals surface area contributed by atoms with E-state index in [2.05, 4.69) is 40.8 Å². The van der Waals surface area contributed by atoms with E-state index in [9.17, 15) is 0 Å². The van der Waals surface area contributed by atoms with Crippen LogP contribution in [0.2, 0.25) is 0 Å². The van der Waals surface area contributed by atoms with Gasteiger partial charge in [-0.1, -0.05) is 17.7 Å². The molecular formula is C17H23N3O. The number of hydrogen-bond donors (Lipinski definition) is 1. The Morgan fingerprint density at radius 2 is 2.24 bits per heavy atom. The van der Waals surface area contributed by atoms with Crippen LogP contribution in [0.1, 0.15) is 48.7 Å². The van der Waals surface area contributed by atoms with E-state index in [1.807, 2.05) is 18.6 Å². The van der Waals surface area contributed by atoms with Gasteiger partial charge in [0.1, 0.15) is 5.75 Å². The number of aryl methyl sites for hydroxylation is 1. The van der Waals surface area contributed by atoms with Gasteiger partial charge >= 0.3 is 0 Å². The van der Waals surface area contributed by atoms with Crippen molar-refractivity contribution in [2.75, 3.05) is 7.11 Å². The molecule has 1 aliphatic rings. The first-order valence-electron chi connectivity index (χ1n) is 7.57. The molecule has 3 rings (SSSR count). The summed E-state index contributed by atoms with van der Waals surface area (Å²) in [6.45, 7) is 5.11. The molecule has 0 radical (unpaired) electrons. The minimum absolute atomic E-state index is 0.238. The summed E-state index contributed by atoms with van der Waals surface area (Å²) in [5.41, 5.74) is 3.72. The minimum Gasteiger partial charge on any atom is -0.496 e. The quantitative estimate of drug-likeness (QED) is 0.884. The number of hydrogen-bond acceptors (Lipinski definition) is 3. The van der Waals surface area contributed by atoms with Crippen LogP contribution in [0.4, 0.5) is 0 Å². The zero-order chi connectivity index (χ0) is 14.8. The maximum absolute atomic E-state index is 5.47. The third-order valence-electron chi connectivity index (χ3n) is 4.13. The second kappa shape index (κ2) is 5.90. The van der Waals surface area contributed by atoms with E-state index in [1.165, 1.54) is 29.7 Å². The number of nitrogens with one attached hydrogen (secondary N) is 1. The molecule has 4 heteroatoms. The van der Waals surface area contributed by atoms with Crippen LogP contribution in [0.15, 0.2) is 30.7 Å². The van der Waals surface area contributed by atoms with Crippen LogP contribution < -0.4 is 10.1 Å². The first kappa shape index (κ1) is 14.1. The molecule has 1 unspecified atom stereocenters. The van der Waals surface area contributed by atoms with Gasteiger partial charge in [-0.15, -0.1) is 0 Å². The summed E-state index contributed by atoms with van der Waals surface area (Å²) in [6.07, 6.45) is 6.48. The fraction of sp³-hybridized carbons (Fsp3) is 0.471. The summed E-state index contributed by atoms with van der Waals surface area (Å²) in [7, 11) is 1.73. The number of nitrogens with zero attached hydrogens (tertiary/aromatic N) is 2. The Bertz CT molecular complexity index is 616. The molecule has 112 valence electrons. The first-order valence-corrected chi connectivity index (χ1v) is 7.57. The van der Waals surface area contributed by atoms with Crippen molar-refractivity contribution in [3.05, 3.63) is 47.5 Å². The van der Waals surface area contributed by atoms with Crippen molar-refractivity contribution in [2.24, 2.45) is 0 Å². The Kier molecular flexibility index (Phi) is 3.97. The summed E-state index contributed by atoms with van der Waals surface area (Å²) in [5.74, 6) is 0.941. The zero-order valence-corrected chi connectivity index (χ0v) is 13.0. The molecule has 0 spiro atoms. The Labute approximate surface area is 126 Å². The zero-order valence-electron chi connectivity index (χ0n) is 13.0. The predicted molar refractivity (Wildman–Crippen MR) is 83.5 cm³/mol. The van der Waals surface area contributed by atoms with Gasteiger partial charge in [-0.2, -0.15) is 0 Å². The second-order valence-corrected chi connectivity index (χ2v) is 5.87. The molecule has 21 heavy (non-hydrogen) atoms. The highest BCUT2D eigenvalue weighted by Crippen LogP contribution is 2.35. The number of ether oxygens (including phenoxy) is 1. The predicted octanol–water partition coefficient (Wildman–Crippen LogP) is 3.39. The lowest BCUT2D eigenvalue weighted by molar-refractivity contribution is 0.400. The Hall–Kier alpha value is -1.81. The molecule has 0 aliphatic heterocycles. The van der Waals surface area contributed by atoms with Crippen LogP contribution in [0, 0.1) is 6.92 Å². The van der Waals surface area contributed by atoms with Gasteiger partial charge in [0.2, 0.25) is 0 Å². The molecule has 1 aromatic carbocycles. The van der Waals surface area contributed by atoms with Gasteiger partial charge < -0.3 is 14.6 Å². The first-order chi connectivity index (χ1) is 10.2. The Balaban J connectivity index is 1.70. The van der Waals surface area contributed by atoms with Crippen LogP contribution >= 0.6 is 0 Å². The summed E-state index contributed by atoms with van der Waals surface area (Å²) in [5, 5.41) is 3.59. The van der Waals surface area contributed by atoms with Crippen molar-refractivity contribution in [2.45, 2.75) is 45.3 Å². The lowest BCUT2D eigenvalue weighted by atomic mass is 10.0. The van der Waals surface area contributed by atoms with E-state index in [0.717, 1.165) is 12.3 Å². The second-order valence-electron chi connectivity index (χ2n) is 5.87. The SMILES string of the molecule is COc1ccc(C)cc1C(C)NCc1cncn1C1CC1. The monoisotopic (exact) mass is 285 g/mol. The van der Waals surface area contributed by atoms with E-state index in [1.54, 1.807) is 7.11 Å². The van der Waals surface area contributed by atoms with Crippen molar-refractivity contribution >= 4 is 0 Å². The van der Waals surface area contributed by atoms with Crippen LogP contribution in [-0.2, 0) is 6.54 Å². The molecule has 0 saturated heterocycles. The molecule has 4 nitrogen and oxygen atoms in total. The smallest absolute Gasteiger partial charge is 0.123 e. The highest BCUT2D eigenvalue weighted by Gasteiger charge is 2.25. The molecule has 0 bridgehead atoms. The molecule has 1 heterocycles. The molecule has 1 fully saturated rings. The summed E-state index contributed by atoms with van der Waals surface area (Å²) in [4.78, 5) is 4.28. The van der Waals surface area contributed by atoms with Gasteiger partial charge in [0.15, 0.2) is 0 Å². The molecule has 2 aromatic rings. The highest BCUT2D eigenvalue weighted by molar-refractivity contribution is 5.38. The fourth-order valence-electron chi connectivity index (χ4n) is 2.71. The number of methoxy groups -OCH3 is 1. The largest absolute Gasteiger partial charge is 0.496 e. The molecule has 1 atom stereocenters. The minimum atomic E-state index is 0.238. The van der Waals surface area contributed by atoms with Crippen LogP contribution in [0.25, 0.3) is 0 Å². The van der Waals surface area contributed by atoms with Crippen LogP contribution in [0.3, 0.4) is 0 Å². The van der Waals surface area contributed by atoms with E-state index >= 15 is 0 Å².